The van der Waals surface area contributed by atoms with Gasteiger partial charge in [-0.1, -0.05) is 34.6 Å². The van der Waals surface area contributed by atoms with Gasteiger partial charge in [0.15, 0.2) is 0 Å². The Morgan fingerprint density at radius 3 is 0.789 bits per heavy atom. The molecule has 0 atom stereocenters. The van der Waals surface area contributed by atoms with Crippen molar-refractivity contribution in [1.29, 1.82) is 0 Å². The smallest absolute Gasteiger partial charge is 0.0704 e. The zero-order valence-electron chi connectivity index (χ0n) is 36.7. The van der Waals surface area contributed by atoms with Gasteiger partial charge in [0.25, 0.3) is 0 Å². The average molecular weight is 829 g/mol. The minimum absolute atomic E-state index is 0.0241. The normalized spacial score (nSPS) is 16.5. The Hall–Kier alpha value is -0.600. The van der Waals surface area contributed by atoms with Gasteiger partial charge in [0.2, 0.25) is 0 Å². The quantitative estimate of drug-likeness (QED) is 0.0873. The van der Waals surface area contributed by atoms with Gasteiger partial charge in [-0.2, -0.15) is 0 Å². The highest BCUT2D eigenvalue weighted by atomic mass is 16.6. The summed E-state index contributed by atoms with van der Waals surface area (Å²) >= 11 is 0. The van der Waals surface area contributed by atoms with Crippen LogP contribution >= 0.6 is 0 Å². The van der Waals surface area contributed by atoms with E-state index in [-0.39, 0.29) is 6.61 Å². The van der Waals surface area contributed by atoms with Gasteiger partial charge in [-0.15, -0.1) is 0 Å². The van der Waals surface area contributed by atoms with Crippen molar-refractivity contribution in [1.82, 2.24) is 0 Å². The molecule has 1 aliphatic rings. The van der Waals surface area contributed by atoms with Crippen LogP contribution in [0.15, 0.2) is 0 Å². The Labute approximate surface area is 345 Å². The summed E-state index contributed by atoms with van der Waals surface area (Å²) in [4.78, 5) is 0. The van der Waals surface area contributed by atoms with E-state index in [2.05, 4.69) is 34.6 Å². The van der Waals surface area contributed by atoms with Crippen molar-refractivity contribution in [3.05, 3.63) is 0 Å². The number of aliphatic hydroxyl groups excluding tert-OH is 1. The third-order valence-corrected chi connectivity index (χ3v) is 9.05. The second-order valence-corrected chi connectivity index (χ2v) is 15.8. The fourth-order valence-corrected chi connectivity index (χ4v) is 6.60. The maximum atomic E-state index is 8.60. The molecule has 15 nitrogen and oxygen atoms in total. The molecule has 0 saturated heterocycles. The molecule has 1 N–H and O–H groups in total. The maximum absolute atomic E-state index is 8.60. The van der Waals surface area contributed by atoms with Crippen molar-refractivity contribution >= 4 is 0 Å². The molecule has 1 rings (SSSR count). The van der Waals surface area contributed by atoms with Gasteiger partial charge in [0.1, 0.15) is 0 Å². The number of aliphatic hydroxyl groups is 1. The predicted molar refractivity (Wildman–Crippen MR) is 217 cm³/mol. The first kappa shape index (κ1) is 54.4. The minimum atomic E-state index is 0.0241. The van der Waals surface area contributed by atoms with Gasteiger partial charge in [-0.3, -0.25) is 0 Å². The molecule has 0 aromatic carbocycles. The molecule has 0 radical (unpaired) electrons. The van der Waals surface area contributed by atoms with Gasteiger partial charge < -0.3 is 71.4 Å². The topological polar surface area (TPSA) is 149 Å². The summed E-state index contributed by atoms with van der Waals surface area (Å²) in [6, 6.07) is 0. The van der Waals surface area contributed by atoms with Gasteiger partial charge >= 0.3 is 0 Å². The Bertz CT molecular complexity index is 809. The summed E-state index contributed by atoms with van der Waals surface area (Å²) < 4.78 is 77.2. The van der Waals surface area contributed by atoms with Crippen LogP contribution in [0.25, 0.3) is 0 Å². The molecule has 342 valence electrons. The van der Waals surface area contributed by atoms with Crippen molar-refractivity contribution in [3.8, 4) is 0 Å². The van der Waals surface area contributed by atoms with E-state index >= 15 is 0 Å². The lowest BCUT2D eigenvalue weighted by molar-refractivity contribution is -0.0415. The molecule has 1 aliphatic carbocycles. The van der Waals surface area contributed by atoms with Crippen LogP contribution in [0, 0.1) is 16.7 Å². The third-order valence-electron chi connectivity index (χ3n) is 9.05. The fourth-order valence-electron chi connectivity index (χ4n) is 6.60. The second kappa shape index (κ2) is 39.5. The van der Waals surface area contributed by atoms with Crippen LogP contribution in [0.3, 0.4) is 0 Å². The van der Waals surface area contributed by atoms with Crippen LogP contribution in [0.4, 0.5) is 0 Å². The lowest BCUT2D eigenvalue weighted by Gasteiger charge is -2.42. The van der Waals surface area contributed by atoms with Crippen LogP contribution in [-0.2, 0) is 66.3 Å². The molecular weight excluding hydrogens is 744 g/mol. The zero-order chi connectivity index (χ0) is 41.4. The standard InChI is InChI=1S/C42H84O15/c1-41(2,3)38-42(4,5)39-6-8-40(9-7-39)57-37-36-56-35-34-55-33-32-54-31-30-53-29-28-52-27-26-51-25-24-50-23-22-49-21-20-48-19-18-47-17-16-46-15-14-45-13-12-44-11-10-43/h39-40,43H,6-38H2,1-5H3. The average Bonchev–Trinajstić information content (AvgIpc) is 3.17. The van der Waals surface area contributed by atoms with Crippen LogP contribution in [-0.4, -0.2) is 196 Å². The van der Waals surface area contributed by atoms with Crippen LogP contribution in [0.5, 0.6) is 0 Å². The molecule has 0 heterocycles. The molecular formula is C42H84O15. The number of hydrogen-bond acceptors (Lipinski definition) is 15. The van der Waals surface area contributed by atoms with E-state index in [1.165, 1.54) is 19.3 Å². The zero-order valence-corrected chi connectivity index (χ0v) is 36.7. The first-order valence-electron chi connectivity index (χ1n) is 21.5. The summed E-state index contributed by atoms with van der Waals surface area (Å²) in [5.74, 6) is 0.791. The van der Waals surface area contributed by atoms with Crippen molar-refractivity contribution < 1.29 is 71.4 Å². The van der Waals surface area contributed by atoms with Crippen molar-refractivity contribution in [2.45, 2.75) is 72.8 Å². The summed E-state index contributed by atoms with van der Waals surface area (Å²) in [6.45, 7) is 25.8. The van der Waals surface area contributed by atoms with E-state index in [4.69, 9.17) is 71.4 Å². The first-order chi connectivity index (χ1) is 27.7. The highest BCUT2D eigenvalue weighted by Gasteiger charge is 2.36. The van der Waals surface area contributed by atoms with Gasteiger partial charge in [0.05, 0.1) is 191 Å². The molecule has 1 fully saturated rings. The molecule has 0 aliphatic heterocycles. The van der Waals surface area contributed by atoms with Crippen LogP contribution in [0.1, 0.15) is 66.7 Å². The predicted octanol–water partition coefficient (Wildman–Crippen LogP) is 4.23. The Balaban J connectivity index is 1.66. The van der Waals surface area contributed by atoms with E-state index in [1.54, 1.807) is 0 Å². The van der Waals surface area contributed by atoms with Crippen LogP contribution < -0.4 is 0 Å². The minimum Gasteiger partial charge on any atom is -0.394 e. The summed E-state index contributed by atoms with van der Waals surface area (Å²) in [5, 5.41) is 8.60. The number of hydrogen-bond donors (Lipinski definition) is 1. The molecule has 0 aromatic rings. The first-order valence-corrected chi connectivity index (χ1v) is 21.5. The van der Waals surface area contributed by atoms with Crippen LogP contribution in [0.2, 0.25) is 0 Å². The molecule has 57 heavy (non-hydrogen) atoms. The van der Waals surface area contributed by atoms with Crippen molar-refractivity contribution in [2.75, 3.05) is 185 Å². The lowest BCUT2D eigenvalue weighted by Crippen LogP contribution is -2.34. The second-order valence-electron chi connectivity index (χ2n) is 15.8. The Kier molecular flexibility index (Phi) is 37.7. The Morgan fingerprint density at radius 1 is 0.333 bits per heavy atom. The van der Waals surface area contributed by atoms with Gasteiger partial charge in [-0.05, 0) is 48.9 Å². The third kappa shape index (κ3) is 38.1. The summed E-state index contributed by atoms with van der Waals surface area (Å²) in [5.41, 5.74) is 0.763. The molecule has 15 heteroatoms. The molecule has 0 spiro atoms. The van der Waals surface area contributed by atoms with Gasteiger partial charge in [0, 0.05) is 0 Å². The van der Waals surface area contributed by atoms with E-state index in [0.29, 0.717) is 195 Å². The van der Waals surface area contributed by atoms with Crippen molar-refractivity contribution in [2.24, 2.45) is 16.7 Å². The van der Waals surface area contributed by atoms with Crippen molar-refractivity contribution in [3.63, 3.8) is 0 Å². The van der Waals surface area contributed by atoms with E-state index in [9.17, 15) is 0 Å². The molecule has 0 bridgehead atoms. The van der Waals surface area contributed by atoms with E-state index in [0.717, 1.165) is 18.8 Å². The summed E-state index contributed by atoms with van der Waals surface area (Å²) in [6.07, 6.45) is 6.48. The maximum Gasteiger partial charge on any atom is 0.0704 e. The number of ether oxygens (including phenoxy) is 14. The molecule has 0 aromatic heterocycles. The molecule has 0 unspecified atom stereocenters. The highest BCUT2D eigenvalue weighted by molar-refractivity contribution is 4.86. The Morgan fingerprint density at radius 2 is 0.561 bits per heavy atom. The largest absolute Gasteiger partial charge is 0.394 e. The molecule has 0 amide bonds. The van der Waals surface area contributed by atoms with E-state index < -0.39 is 0 Å². The monoisotopic (exact) mass is 829 g/mol. The highest BCUT2D eigenvalue weighted by Crippen LogP contribution is 2.45. The number of rotatable bonds is 44. The lowest BCUT2D eigenvalue weighted by atomic mass is 9.64. The van der Waals surface area contributed by atoms with E-state index in [1.807, 2.05) is 0 Å². The summed E-state index contributed by atoms with van der Waals surface area (Å²) in [7, 11) is 0. The SMILES string of the molecule is CC(C)(C)CC(C)(C)C1CCC(OCCOCCOCCOCCOCCOCCOCCOCCOCCOCCOCCOCCOCCOCCO)CC1. The fraction of sp³-hybridized carbons (Fsp3) is 1.00. The molecule has 1 saturated carbocycles. The van der Waals surface area contributed by atoms with Gasteiger partial charge in [-0.25, -0.2) is 0 Å².